The predicted octanol–water partition coefficient (Wildman–Crippen LogP) is 5.41. The van der Waals surface area contributed by atoms with Crippen molar-refractivity contribution in [2.24, 2.45) is 11.1 Å². The number of nitrogens with zero attached hydrogens (tertiary/aromatic N) is 4. The molecule has 15 heteroatoms. The molecule has 2 aromatic rings. The molecule has 2 fully saturated rings. The Morgan fingerprint density at radius 2 is 1.62 bits per heavy atom. The van der Waals surface area contributed by atoms with E-state index in [0.717, 1.165) is 0 Å². The lowest BCUT2D eigenvalue weighted by Crippen LogP contribution is -2.52. The summed E-state index contributed by atoms with van der Waals surface area (Å²) >= 11 is 0. The van der Waals surface area contributed by atoms with Gasteiger partial charge in [0, 0.05) is 49.9 Å². The molecule has 1 aliphatic heterocycles. The van der Waals surface area contributed by atoms with E-state index in [1.54, 1.807) is 36.6 Å². The minimum atomic E-state index is -4.81. The number of piperazine rings is 1. The highest BCUT2D eigenvalue weighted by Gasteiger charge is 2.45. The van der Waals surface area contributed by atoms with Crippen LogP contribution in [0.1, 0.15) is 100 Å². The van der Waals surface area contributed by atoms with Gasteiger partial charge in [0.1, 0.15) is 17.9 Å². The summed E-state index contributed by atoms with van der Waals surface area (Å²) in [6.45, 7) is 10.4. The summed E-state index contributed by atoms with van der Waals surface area (Å²) in [7, 11) is 0. The second kappa shape index (κ2) is 13.2. The van der Waals surface area contributed by atoms with E-state index < -0.39 is 52.6 Å². The molecule has 1 aromatic carbocycles. The normalized spacial score (nSPS) is 22.2. The van der Waals surface area contributed by atoms with Gasteiger partial charge < -0.3 is 35.4 Å². The van der Waals surface area contributed by atoms with Gasteiger partial charge in [-0.25, -0.2) is 14.3 Å². The molecule has 1 aromatic heterocycles. The first-order valence-corrected chi connectivity index (χ1v) is 16.3. The Labute approximate surface area is 277 Å². The number of aliphatic hydroxyl groups excluding tert-OH is 1. The van der Waals surface area contributed by atoms with Crippen LogP contribution in [0.5, 0.6) is 0 Å². The minimum Gasteiger partial charge on any atom is -0.446 e. The summed E-state index contributed by atoms with van der Waals surface area (Å²) in [6.07, 6.45) is -4.72. The summed E-state index contributed by atoms with van der Waals surface area (Å²) in [4.78, 5) is 41.2. The summed E-state index contributed by atoms with van der Waals surface area (Å²) < 4.78 is 54.4. The standard InChI is InChI=1S/C33H45F3N6O6/c1-31(2,3)48-30(46)41-14-12-40(13-15-41)29(45)47-21-9-6-19(7-10-21)38-23-16-20(8-11-22(23)28(37)44)42-24-17-32(4,5)18-25(43)26(24)27(39-42)33(34,35)36/h8,11,16,19,21,28,38,44H,6-7,9-10,12-15,17-18,37H2,1-5H3. The van der Waals surface area contributed by atoms with E-state index >= 15 is 0 Å². The van der Waals surface area contributed by atoms with Gasteiger partial charge in [-0.05, 0) is 70.4 Å². The summed E-state index contributed by atoms with van der Waals surface area (Å²) in [6, 6.07) is 4.56. The summed E-state index contributed by atoms with van der Waals surface area (Å²) in [5, 5.41) is 17.6. The topological polar surface area (TPSA) is 152 Å². The van der Waals surface area contributed by atoms with Crippen molar-refractivity contribution >= 4 is 23.7 Å². The quantitative estimate of drug-likeness (QED) is 0.353. The molecule has 1 unspecified atom stereocenters. The third kappa shape index (κ3) is 8.05. The fourth-order valence-corrected chi connectivity index (χ4v) is 6.58. The van der Waals surface area contributed by atoms with Crippen molar-refractivity contribution in [2.45, 2.75) is 103 Å². The summed E-state index contributed by atoms with van der Waals surface area (Å²) in [5.74, 6) is -0.590. The van der Waals surface area contributed by atoms with Crippen molar-refractivity contribution in [2.75, 3.05) is 31.5 Å². The Morgan fingerprint density at radius 3 is 2.19 bits per heavy atom. The van der Waals surface area contributed by atoms with Crippen molar-refractivity contribution < 1.29 is 42.1 Å². The third-order valence-electron chi connectivity index (χ3n) is 8.90. The van der Waals surface area contributed by atoms with Crippen molar-refractivity contribution in [1.29, 1.82) is 0 Å². The first-order valence-electron chi connectivity index (χ1n) is 16.3. The van der Waals surface area contributed by atoms with Gasteiger partial charge in [0.15, 0.2) is 11.5 Å². The Balaban J connectivity index is 1.24. The van der Waals surface area contributed by atoms with E-state index in [-0.39, 0.29) is 30.7 Å². The fourth-order valence-electron chi connectivity index (χ4n) is 6.58. The SMILES string of the molecule is CC1(C)CC(=O)c2c(C(F)(F)F)nn(-c3ccc(C(N)O)c(NC4CCC(OC(=O)N5CCN(C(=O)OC(C)(C)C)CC5)CC4)c3)c2C1. The predicted molar refractivity (Wildman–Crippen MR) is 170 cm³/mol. The van der Waals surface area contributed by atoms with Gasteiger partial charge >= 0.3 is 18.4 Å². The summed E-state index contributed by atoms with van der Waals surface area (Å²) in [5.41, 5.74) is 4.39. The number of carbonyl (C=O) groups is 3. The van der Waals surface area contributed by atoms with Crippen molar-refractivity contribution in [3.63, 3.8) is 0 Å². The lowest BCUT2D eigenvalue weighted by Gasteiger charge is -2.36. The highest BCUT2D eigenvalue weighted by molar-refractivity contribution is 6.00. The average molecular weight is 679 g/mol. The number of carbonyl (C=O) groups excluding carboxylic acids is 3. The molecule has 2 aliphatic carbocycles. The first kappa shape index (κ1) is 35.5. The Bertz CT molecular complexity index is 1530. The fraction of sp³-hybridized carbons (Fsp3) is 0.636. The lowest BCUT2D eigenvalue weighted by molar-refractivity contribution is -0.141. The van der Waals surface area contributed by atoms with Crippen molar-refractivity contribution in [1.82, 2.24) is 19.6 Å². The zero-order valence-corrected chi connectivity index (χ0v) is 28.0. The number of alkyl halides is 3. The number of benzene rings is 1. The van der Waals surface area contributed by atoms with Crippen LogP contribution < -0.4 is 11.1 Å². The van der Waals surface area contributed by atoms with E-state index in [4.69, 9.17) is 15.2 Å². The first-order chi connectivity index (χ1) is 22.3. The minimum absolute atomic E-state index is 0.0113. The molecule has 1 saturated heterocycles. The number of hydrogen-bond acceptors (Lipinski definition) is 9. The number of halogens is 3. The lowest BCUT2D eigenvalue weighted by atomic mass is 9.75. The molecule has 0 spiro atoms. The zero-order valence-electron chi connectivity index (χ0n) is 28.0. The molecule has 12 nitrogen and oxygen atoms in total. The number of Topliss-reactive ketones (excluding diaryl/α,β-unsaturated/α-hetero) is 1. The molecule has 2 amide bonds. The van der Waals surface area contributed by atoms with Crippen molar-refractivity contribution in [3.8, 4) is 5.69 Å². The van der Waals surface area contributed by atoms with Gasteiger partial charge in [-0.2, -0.15) is 18.3 Å². The molecular formula is C33H45F3N6O6. The van der Waals surface area contributed by atoms with Gasteiger partial charge in [-0.1, -0.05) is 19.9 Å². The molecule has 1 atom stereocenters. The van der Waals surface area contributed by atoms with Gasteiger partial charge in [-0.15, -0.1) is 0 Å². The third-order valence-corrected chi connectivity index (χ3v) is 8.90. The van der Waals surface area contributed by atoms with Crippen LogP contribution in [0.15, 0.2) is 18.2 Å². The highest BCUT2D eigenvalue weighted by Crippen LogP contribution is 2.42. The van der Waals surface area contributed by atoms with Crippen LogP contribution in [0.25, 0.3) is 5.69 Å². The Hall–Kier alpha value is -3.85. The maximum Gasteiger partial charge on any atom is 0.435 e. The van der Waals surface area contributed by atoms with Crippen LogP contribution in [-0.2, 0) is 22.1 Å². The number of nitrogens with two attached hydrogens (primary N) is 1. The van der Waals surface area contributed by atoms with Crippen LogP contribution in [0.4, 0.5) is 28.4 Å². The van der Waals surface area contributed by atoms with E-state index in [2.05, 4.69) is 10.4 Å². The van der Waals surface area contributed by atoms with Crippen LogP contribution in [0.2, 0.25) is 0 Å². The van der Waals surface area contributed by atoms with Crippen molar-refractivity contribution in [3.05, 3.63) is 40.7 Å². The number of amides is 2. The van der Waals surface area contributed by atoms with Crippen LogP contribution in [0.3, 0.4) is 0 Å². The number of hydrogen-bond donors (Lipinski definition) is 3. The molecule has 1 saturated carbocycles. The Morgan fingerprint density at radius 1 is 1.02 bits per heavy atom. The average Bonchev–Trinajstić information content (AvgIpc) is 3.37. The molecule has 0 bridgehead atoms. The number of fused-ring (bicyclic) bond motifs is 1. The Kier molecular flexibility index (Phi) is 9.77. The largest absolute Gasteiger partial charge is 0.446 e. The maximum absolute atomic E-state index is 14.0. The number of aliphatic hydroxyl groups is 1. The highest BCUT2D eigenvalue weighted by atomic mass is 19.4. The molecule has 264 valence electrons. The van der Waals surface area contributed by atoms with E-state index in [0.29, 0.717) is 68.8 Å². The van der Waals surface area contributed by atoms with Gasteiger partial charge in [-0.3, -0.25) is 4.79 Å². The number of ketones is 1. The second-order valence-corrected chi connectivity index (χ2v) is 14.7. The number of ether oxygens (including phenoxy) is 2. The molecule has 5 rings (SSSR count). The smallest absolute Gasteiger partial charge is 0.435 e. The molecule has 4 N–H and O–H groups in total. The van der Waals surface area contributed by atoms with E-state index in [1.165, 1.54) is 16.8 Å². The number of rotatable bonds is 5. The monoisotopic (exact) mass is 678 g/mol. The van der Waals surface area contributed by atoms with Crippen LogP contribution in [0, 0.1) is 5.41 Å². The molecule has 3 aliphatic rings. The number of nitrogens with one attached hydrogen (secondary N) is 1. The van der Waals surface area contributed by atoms with Crippen LogP contribution in [-0.4, -0.2) is 86.6 Å². The van der Waals surface area contributed by atoms with Gasteiger partial charge in [0.25, 0.3) is 0 Å². The molecular weight excluding hydrogens is 633 g/mol. The second-order valence-electron chi connectivity index (χ2n) is 14.7. The number of aromatic nitrogens is 2. The molecule has 0 radical (unpaired) electrons. The zero-order chi connectivity index (χ0) is 35.2. The molecule has 48 heavy (non-hydrogen) atoms. The molecule has 2 heterocycles. The maximum atomic E-state index is 14.0. The van der Waals surface area contributed by atoms with E-state index in [9.17, 15) is 32.7 Å². The van der Waals surface area contributed by atoms with Gasteiger partial charge in [0.2, 0.25) is 0 Å². The van der Waals surface area contributed by atoms with Crippen LogP contribution >= 0.6 is 0 Å². The van der Waals surface area contributed by atoms with E-state index in [1.807, 2.05) is 13.8 Å². The number of anilines is 1. The van der Waals surface area contributed by atoms with Gasteiger partial charge in [0.05, 0.1) is 16.9 Å².